The van der Waals surface area contributed by atoms with Gasteiger partial charge in [-0.25, -0.2) is 0 Å². The van der Waals surface area contributed by atoms with Crippen LogP contribution in [0.4, 0.5) is 0 Å². The lowest BCUT2D eigenvalue weighted by Crippen LogP contribution is -2.42. The van der Waals surface area contributed by atoms with E-state index in [2.05, 4.69) is 22.9 Å². The van der Waals surface area contributed by atoms with Crippen LogP contribution in [0.15, 0.2) is 30.3 Å². The second-order valence-corrected chi connectivity index (χ2v) is 7.43. The van der Waals surface area contributed by atoms with E-state index in [-0.39, 0.29) is 11.6 Å². The smallest absolute Gasteiger partial charge is 0.244 e. The zero-order chi connectivity index (χ0) is 13.6. The van der Waals surface area contributed by atoms with Gasteiger partial charge in [0.15, 0.2) is 0 Å². The van der Waals surface area contributed by atoms with Gasteiger partial charge in [0.05, 0.1) is 0 Å². The van der Waals surface area contributed by atoms with Crippen molar-refractivity contribution in [1.82, 2.24) is 0 Å². The molecule has 0 fully saturated rings. The largest absolute Gasteiger partial charge is 0.285 e. The Labute approximate surface area is 108 Å². The first kappa shape index (κ1) is 14.0. The van der Waals surface area contributed by atoms with Crippen LogP contribution in [0.5, 0.6) is 0 Å². The maximum atomic E-state index is 11.0. The summed E-state index contributed by atoms with van der Waals surface area (Å²) in [5.41, 5.74) is 5.96. The molecule has 0 spiro atoms. The number of benzene rings is 1. The van der Waals surface area contributed by atoms with Gasteiger partial charge in [-0.3, -0.25) is 9.59 Å². The molecule has 0 aliphatic heterocycles. The molecule has 0 saturated carbocycles. The van der Waals surface area contributed by atoms with Gasteiger partial charge in [-0.15, -0.1) is 11.1 Å². The van der Waals surface area contributed by atoms with Crippen LogP contribution in [0.1, 0.15) is 13.8 Å². The van der Waals surface area contributed by atoms with Crippen molar-refractivity contribution in [3.05, 3.63) is 30.3 Å². The molecule has 0 aliphatic rings. The van der Waals surface area contributed by atoms with Gasteiger partial charge < -0.3 is 0 Å². The van der Waals surface area contributed by atoms with Crippen molar-refractivity contribution < 1.29 is 9.59 Å². The van der Waals surface area contributed by atoms with Crippen LogP contribution in [0, 0.1) is 22.9 Å². The van der Waals surface area contributed by atoms with Crippen LogP contribution in [-0.4, -0.2) is 19.6 Å². The van der Waals surface area contributed by atoms with E-state index < -0.39 is 8.07 Å². The Bertz CT molecular complexity index is 548. The predicted octanol–water partition coefficient (Wildman–Crippen LogP) is 1.24. The molecule has 0 aliphatic carbocycles. The zero-order valence-electron chi connectivity index (χ0n) is 10.7. The lowest BCUT2D eigenvalue weighted by atomic mass is 10.4. The number of hydrogen-bond acceptors (Lipinski definition) is 2. The number of carbonyl (C=O) groups is 2. The average molecular weight is 254 g/mol. The minimum absolute atomic E-state index is 0.186. The highest BCUT2D eigenvalue weighted by molar-refractivity contribution is 7.03. The highest BCUT2D eigenvalue weighted by Gasteiger charge is 2.25. The summed E-state index contributed by atoms with van der Waals surface area (Å²) in [6, 6.07) is 9.61. The summed E-state index contributed by atoms with van der Waals surface area (Å²) in [5, 5.41) is 1.01. The Morgan fingerprint density at radius 2 is 1.39 bits per heavy atom. The van der Waals surface area contributed by atoms with E-state index >= 15 is 0 Å². The van der Waals surface area contributed by atoms with Crippen molar-refractivity contribution in [1.29, 1.82) is 0 Å². The van der Waals surface area contributed by atoms with E-state index in [0.29, 0.717) is 0 Å². The van der Waals surface area contributed by atoms with Gasteiger partial charge in [-0.05, 0) is 23.6 Å². The summed E-state index contributed by atoms with van der Waals surface area (Å²) in [5.74, 6) is 4.76. The van der Waals surface area contributed by atoms with Gasteiger partial charge in [-0.1, -0.05) is 30.3 Å². The van der Waals surface area contributed by atoms with Gasteiger partial charge in [0.1, 0.15) is 0 Å². The molecule has 18 heavy (non-hydrogen) atoms. The van der Waals surface area contributed by atoms with Crippen LogP contribution in [0.25, 0.3) is 0 Å². The Balaban J connectivity index is 3.29. The molecule has 2 nitrogen and oxygen atoms in total. The number of rotatable bonds is 1. The molecule has 0 saturated heterocycles. The fraction of sp³-hybridized carbons (Fsp3) is 0.200. The molecule has 0 radical (unpaired) electrons. The molecule has 1 rings (SSSR count). The first-order chi connectivity index (χ1) is 8.44. The van der Waals surface area contributed by atoms with Crippen molar-refractivity contribution in [2.24, 2.45) is 0 Å². The molecule has 0 atom stereocenters. The second-order valence-electron chi connectivity index (χ2n) is 4.10. The minimum atomic E-state index is -2.41. The van der Waals surface area contributed by atoms with Gasteiger partial charge in [0.25, 0.3) is 0 Å². The predicted molar refractivity (Wildman–Crippen MR) is 74.6 cm³/mol. The first-order valence-electron chi connectivity index (χ1n) is 5.57. The molecule has 1 aromatic carbocycles. The topological polar surface area (TPSA) is 34.1 Å². The monoisotopic (exact) mass is 254 g/mol. The van der Waals surface area contributed by atoms with E-state index in [1.807, 2.05) is 36.9 Å². The van der Waals surface area contributed by atoms with Gasteiger partial charge >= 0.3 is 0 Å². The van der Waals surface area contributed by atoms with E-state index in [0.717, 1.165) is 5.19 Å². The number of Topliss-reactive ketones (excluding diaryl/α,β-unsaturated/α-hetero) is 2. The van der Waals surface area contributed by atoms with Gasteiger partial charge in [0.2, 0.25) is 19.6 Å². The molecule has 90 valence electrons. The van der Waals surface area contributed by atoms with Crippen LogP contribution < -0.4 is 5.19 Å². The molecular weight excluding hydrogens is 240 g/mol. The summed E-state index contributed by atoms with van der Waals surface area (Å²) in [6.45, 7) is 4.78. The van der Waals surface area contributed by atoms with Crippen LogP contribution in [-0.2, 0) is 9.59 Å². The molecule has 1 aromatic rings. The molecule has 3 heteroatoms. The van der Waals surface area contributed by atoms with Crippen molar-refractivity contribution in [3.8, 4) is 22.9 Å². The van der Waals surface area contributed by atoms with E-state index in [1.165, 1.54) is 13.8 Å². The highest BCUT2D eigenvalue weighted by atomic mass is 28.3. The van der Waals surface area contributed by atoms with Crippen molar-refractivity contribution in [3.63, 3.8) is 0 Å². The SMILES string of the molecule is CC(=O)C#C[Si](C)(C#CC(C)=O)c1ccccc1. The zero-order valence-corrected chi connectivity index (χ0v) is 11.7. The molecule has 0 amide bonds. The van der Waals surface area contributed by atoms with Gasteiger partial charge in [-0.2, -0.15) is 0 Å². The first-order valence-corrected chi connectivity index (χ1v) is 8.07. The lowest BCUT2D eigenvalue weighted by molar-refractivity contribution is -0.112. The van der Waals surface area contributed by atoms with E-state index in [1.54, 1.807) is 0 Å². The quantitative estimate of drug-likeness (QED) is 0.558. The molecule has 0 N–H and O–H groups in total. The molecule has 0 bridgehead atoms. The second kappa shape index (κ2) is 6.00. The fourth-order valence-electron chi connectivity index (χ4n) is 1.37. The Hall–Kier alpha value is -2.10. The van der Waals surface area contributed by atoms with Crippen LogP contribution in [0.2, 0.25) is 6.55 Å². The third-order valence-corrected chi connectivity index (χ3v) is 5.07. The van der Waals surface area contributed by atoms with E-state index in [4.69, 9.17) is 0 Å². The third kappa shape index (κ3) is 4.05. The standard InChI is InChI=1S/C15H14O2Si/c1-13(16)9-11-18(3,12-10-14(2)17)15-7-5-4-6-8-15/h4-8H,1-3H3. The number of hydrogen-bond donors (Lipinski definition) is 0. The Morgan fingerprint density at radius 3 is 1.78 bits per heavy atom. The Morgan fingerprint density at radius 1 is 0.944 bits per heavy atom. The van der Waals surface area contributed by atoms with Crippen molar-refractivity contribution in [2.75, 3.05) is 0 Å². The normalized spacial score (nSPS) is 9.50. The third-order valence-electron chi connectivity index (χ3n) is 2.33. The van der Waals surface area contributed by atoms with Crippen molar-refractivity contribution >= 4 is 24.8 Å². The minimum Gasteiger partial charge on any atom is -0.285 e. The summed E-state index contributed by atoms with van der Waals surface area (Å²) < 4.78 is 0. The number of carbonyl (C=O) groups excluding carboxylic acids is 2. The molecule has 0 unspecified atom stereocenters. The summed E-state index contributed by atoms with van der Waals surface area (Å²) >= 11 is 0. The molecule has 0 heterocycles. The maximum Gasteiger partial charge on any atom is 0.244 e. The summed E-state index contributed by atoms with van der Waals surface area (Å²) in [7, 11) is -2.41. The van der Waals surface area contributed by atoms with Crippen LogP contribution in [0.3, 0.4) is 0 Å². The van der Waals surface area contributed by atoms with E-state index in [9.17, 15) is 9.59 Å². The summed E-state index contributed by atoms with van der Waals surface area (Å²) in [4.78, 5) is 22.0. The average Bonchev–Trinajstić information content (AvgIpc) is 2.35. The lowest BCUT2D eigenvalue weighted by Gasteiger charge is -2.13. The molecular formula is C15H14O2Si. The van der Waals surface area contributed by atoms with Crippen molar-refractivity contribution in [2.45, 2.75) is 20.4 Å². The fourth-order valence-corrected chi connectivity index (χ4v) is 3.44. The summed E-state index contributed by atoms with van der Waals surface area (Å²) in [6.07, 6.45) is 0. The molecule has 0 aromatic heterocycles. The number of ketones is 2. The maximum absolute atomic E-state index is 11.0. The highest BCUT2D eigenvalue weighted by Crippen LogP contribution is 2.01. The van der Waals surface area contributed by atoms with Gasteiger partial charge in [0, 0.05) is 13.8 Å². The van der Waals surface area contributed by atoms with Crippen LogP contribution >= 0.6 is 0 Å². The Kier molecular flexibility index (Phi) is 4.65.